The lowest BCUT2D eigenvalue weighted by atomic mass is 10.0. The van der Waals surface area contributed by atoms with Gasteiger partial charge in [0.1, 0.15) is 0 Å². The van der Waals surface area contributed by atoms with Gasteiger partial charge in [0.05, 0.1) is 6.04 Å². The predicted octanol–water partition coefficient (Wildman–Crippen LogP) is 3.01. The van der Waals surface area contributed by atoms with Gasteiger partial charge in [-0.3, -0.25) is 4.79 Å². The van der Waals surface area contributed by atoms with Gasteiger partial charge in [0, 0.05) is 38.4 Å². The van der Waals surface area contributed by atoms with E-state index in [0.717, 1.165) is 38.3 Å². The minimum atomic E-state index is 0.113. The standard InChI is InChI=1S/C21H28N4O2/c1-2-15-6-8-16(9-7-15)18-14-22-12-13-25(18)20(26)5-3-4-19-23-21(24-27-19)17-10-11-17/h6-9,17-18,22H,2-5,10-14H2,1H3. The van der Waals surface area contributed by atoms with Crippen LogP contribution in [-0.4, -0.2) is 40.6 Å². The molecular weight excluding hydrogens is 340 g/mol. The highest BCUT2D eigenvalue weighted by atomic mass is 16.5. The van der Waals surface area contributed by atoms with Crippen molar-refractivity contribution < 1.29 is 9.32 Å². The number of hydrogen-bond donors (Lipinski definition) is 1. The summed E-state index contributed by atoms with van der Waals surface area (Å²) in [7, 11) is 0. The van der Waals surface area contributed by atoms with Crippen LogP contribution >= 0.6 is 0 Å². The molecule has 1 aliphatic heterocycles. The van der Waals surface area contributed by atoms with Crippen LogP contribution in [-0.2, 0) is 17.6 Å². The molecule has 1 aliphatic carbocycles. The molecule has 1 unspecified atom stereocenters. The van der Waals surface area contributed by atoms with Crippen LogP contribution in [0.1, 0.15) is 67.4 Å². The summed E-state index contributed by atoms with van der Waals surface area (Å²) in [4.78, 5) is 19.3. The molecule has 0 spiro atoms. The maximum atomic E-state index is 12.9. The molecule has 2 aromatic rings. The number of piperazine rings is 1. The van der Waals surface area contributed by atoms with Gasteiger partial charge in [0.15, 0.2) is 5.82 Å². The quantitative estimate of drug-likeness (QED) is 0.813. The Morgan fingerprint density at radius 3 is 2.85 bits per heavy atom. The highest BCUT2D eigenvalue weighted by Crippen LogP contribution is 2.38. The van der Waals surface area contributed by atoms with Crippen molar-refractivity contribution in [2.75, 3.05) is 19.6 Å². The van der Waals surface area contributed by atoms with Gasteiger partial charge >= 0.3 is 0 Å². The maximum absolute atomic E-state index is 12.9. The minimum Gasteiger partial charge on any atom is -0.339 e. The molecule has 1 saturated carbocycles. The number of benzene rings is 1. The lowest BCUT2D eigenvalue weighted by molar-refractivity contribution is -0.134. The summed E-state index contributed by atoms with van der Waals surface area (Å²) in [6.45, 7) is 4.57. The Bertz CT molecular complexity index is 767. The maximum Gasteiger partial charge on any atom is 0.226 e. The van der Waals surface area contributed by atoms with Gasteiger partial charge in [-0.25, -0.2) is 0 Å². The number of nitrogens with one attached hydrogen (secondary N) is 1. The van der Waals surface area contributed by atoms with Crippen LogP contribution in [0.4, 0.5) is 0 Å². The van der Waals surface area contributed by atoms with Gasteiger partial charge in [-0.05, 0) is 36.8 Å². The van der Waals surface area contributed by atoms with E-state index in [0.29, 0.717) is 24.7 Å². The van der Waals surface area contributed by atoms with Gasteiger partial charge in [-0.15, -0.1) is 0 Å². The van der Waals surface area contributed by atoms with Crippen LogP contribution in [0.3, 0.4) is 0 Å². The third-order valence-electron chi connectivity index (χ3n) is 5.54. The molecule has 2 heterocycles. The number of aryl methyl sites for hydroxylation is 2. The monoisotopic (exact) mass is 368 g/mol. The predicted molar refractivity (Wildman–Crippen MR) is 102 cm³/mol. The van der Waals surface area contributed by atoms with Crippen molar-refractivity contribution in [2.24, 2.45) is 0 Å². The zero-order valence-corrected chi connectivity index (χ0v) is 16.0. The third-order valence-corrected chi connectivity index (χ3v) is 5.54. The zero-order valence-electron chi connectivity index (χ0n) is 16.0. The highest BCUT2D eigenvalue weighted by Gasteiger charge is 2.29. The first kappa shape index (κ1) is 18.2. The molecule has 27 heavy (non-hydrogen) atoms. The van der Waals surface area contributed by atoms with Crippen molar-refractivity contribution in [2.45, 2.75) is 57.4 Å². The van der Waals surface area contributed by atoms with Gasteiger partial charge in [-0.2, -0.15) is 4.98 Å². The molecule has 2 fully saturated rings. The number of nitrogens with zero attached hydrogens (tertiary/aromatic N) is 3. The molecular formula is C21H28N4O2. The topological polar surface area (TPSA) is 71.3 Å². The van der Waals surface area contributed by atoms with Gasteiger partial charge in [0.2, 0.25) is 11.8 Å². The smallest absolute Gasteiger partial charge is 0.226 e. The molecule has 1 aromatic heterocycles. The lowest BCUT2D eigenvalue weighted by Crippen LogP contribution is -2.48. The summed E-state index contributed by atoms with van der Waals surface area (Å²) in [5.74, 6) is 2.22. The molecule has 1 N–H and O–H groups in total. The van der Waals surface area contributed by atoms with Crippen LogP contribution in [0.25, 0.3) is 0 Å². The average Bonchev–Trinajstić information content (AvgIpc) is 3.47. The number of carbonyl (C=O) groups excluding carboxylic acids is 1. The second-order valence-corrected chi connectivity index (χ2v) is 7.58. The van der Waals surface area contributed by atoms with E-state index >= 15 is 0 Å². The summed E-state index contributed by atoms with van der Waals surface area (Å²) < 4.78 is 5.31. The molecule has 144 valence electrons. The molecule has 6 heteroatoms. The summed E-state index contributed by atoms with van der Waals surface area (Å²) in [5, 5.41) is 7.46. The average molecular weight is 368 g/mol. The van der Waals surface area contributed by atoms with E-state index < -0.39 is 0 Å². The Morgan fingerprint density at radius 1 is 1.30 bits per heavy atom. The Morgan fingerprint density at radius 2 is 2.11 bits per heavy atom. The molecule has 1 atom stereocenters. The van der Waals surface area contributed by atoms with Gasteiger partial charge < -0.3 is 14.7 Å². The van der Waals surface area contributed by atoms with Crippen molar-refractivity contribution in [1.82, 2.24) is 20.4 Å². The van der Waals surface area contributed by atoms with Crippen LogP contribution in [0.15, 0.2) is 28.8 Å². The molecule has 1 aromatic carbocycles. The van der Waals surface area contributed by atoms with Crippen molar-refractivity contribution in [3.05, 3.63) is 47.1 Å². The van der Waals surface area contributed by atoms with E-state index in [1.807, 2.05) is 4.90 Å². The summed E-state index contributed by atoms with van der Waals surface area (Å²) in [5.41, 5.74) is 2.53. The second kappa shape index (κ2) is 8.21. The third kappa shape index (κ3) is 4.38. The Labute approximate surface area is 160 Å². The minimum absolute atomic E-state index is 0.113. The SMILES string of the molecule is CCc1ccc(C2CNCCN2C(=O)CCCc2nc(C3CC3)no2)cc1. The van der Waals surface area contributed by atoms with Gasteiger partial charge in [-0.1, -0.05) is 36.3 Å². The fourth-order valence-corrected chi connectivity index (χ4v) is 3.69. The normalized spacial score (nSPS) is 20.0. The lowest BCUT2D eigenvalue weighted by Gasteiger charge is -2.36. The van der Waals surface area contributed by atoms with Crippen molar-refractivity contribution in [3.63, 3.8) is 0 Å². The summed E-state index contributed by atoms with van der Waals surface area (Å²) in [6, 6.07) is 8.77. The number of carbonyl (C=O) groups is 1. The summed E-state index contributed by atoms with van der Waals surface area (Å²) in [6.07, 6.45) is 5.31. The summed E-state index contributed by atoms with van der Waals surface area (Å²) >= 11 is 0. The number of amides is 1. The van der Waals surface area contributed by atoms with E-state index in [9.17, 15) is 4.79 Å². The zero-order chi connectivity index (χ0) is 18.6. The van der Waals surface area contributed by atoms with E-state index in [1.165, 1.54) is 24.0 Å². The largest absolute Gasteiger partial charge is 0.339 e. The van der Waals surface area contributed by atoms with E-state index in [2.05, 4.69) is 46.6 Å². The first-order valence-electron chi connectivity index (χ1n) is 10.2. The Kier molecular flexibility index (Phi) is 5.53. The van der Waals surface area contributed by atoms with Crippen LogP contribution in [0.5, 0.6) is 0 Å². The molecule has 6 nitrogen and oxygen atoms in total. The molecule has 0 bridgehead atoms. The van der Waals surface area contributed by atoms with Gasteiger partial charge in [0.25, 0.3) is 0 Å². The number of rotatable bonds is 7. The molecule has 0 radical (unpaired) electrons. The first-order valence-corrected chi connectivity index (χ1v) is 10.2. The Hall–Kier alpha value is -2.21. The fourth-order valence-electron chi connectivity index (χ4n) is 3.69. The molecule has 1 saturated heterocycles. The van der Waals surface area contributed by atoms with E-state index in [4.69, 9.17) is 4.52 Å². The van der Waals surface area contributed by atoms with E-state index in [1.54, 1.807) is 0 Å². The van der Waals surface area contributed by atoms with Crippen LogP contribution in [0.2, 0.25) is 0 Å². The number of hydrogen-bond acceptors (Lipinski definition) is 5. The highest BCUT2D eigenvalue weighted by molar-refractivity contribution is 5.77. The molecule has 1 amide bonds. The second-order valence-electron chi connectivity index (χ2n) is 7.58. The van der Waals surface area contributed by atoms with E-state index in [-0.39, 0.29) is 11.9 Å². The number of aromatic nitrogens is 2. The molecule has 2 aliphatic rings. The Balaban J connectivity index is 1.33. The molecule has 4 rings (SSSR count). The van der Waals surface area contributed by atoms with Crippen molar-refractivity contribution in [3.8, 4) is 0 Å². The van der Waals surface area contributed by atoms with Crippen molar-refractivity contribution in [1.29, 1.82) is 0 Å². The first-order chi connectivity index (χ1) is 13.2. The van der Waals surface area contributed by atoms with Crippen molar-refractivity contribution >= 4 is 5.91 Å². The fraction of sp³-hybridized carbons (Fsp3) is 0.571. The van der Waals surface area contributed by atoms with Crippen LogP contribution < -0.4 is 5.32 Å². The van der Waals surface area contributed by atoms with Crippen LogP contribution in [0, 0.1) is 0 Å².